The van der Waals surface area contributed by atoms with Crippen LogP contribution in [-0.2, 0) is 11.2 Å². The molecule has 0 aliphatic heterocycles. The van der Waals surface area contributed by atoms with Crippen LogP contribution in [0, 0.1) is 0 Å². The molecule has 0 saturated heterocycles. The van der Waals surface area contributed by atoms with Gasteiger partial charge in [-0.2, -0.15) is 0 Å². The van der Waals surface area contributed by atoms with Gasteiger partial charge in [0.15, 0.2) is 5.82 Å². The molecule has 0 radical (unpaired) electrons. The average molecular weight is 450 g/mol. The molecule has 3 aromatic rings. The van der Waals surface area contributed by atoms with Crippen molar-refractivity contribution in [3.05, 3.63) is 41.4 Å². The van der Waals surface area contributed by atoms with Crippen LogP contribution in [0.2, 0.25) is 5.02 Å². The number of pyridine rings is 1. The number of aromatic nitrogens is 6. The Labute approximate surface area is 184 Å². The number of nitrogens with zero attached hydrogens (tertiary/aromatic N) is 6. The van der Waals surface area contributed by atoms with Crippen molar-refractivity contribution in [1.29, 1.82) is 0 Å². The normalized spacial score (nSPS) is 13.1. The maximum absolute atomic E-state index is 5.85. The van der Waals surface area contributed by atoms with Crippen molar-refractivity contribution in [3.8, 4) is 17.4 Å². The van der Waals surface area contributed by atoms with Crippen LogP contribution < -0.4 is 9.46 Å². The molecule has 0 aliphatic rings. The first-order valence-corrected chi connectivity index (χ1v) is 10.6. The summed E-state index contributed by atoms with van der Waals surface area (Å²) in [6.45, 7) is 4.62. The minimum Gasteiger partial charge on any atom is -0.481 e. The van der Waals surface area contributed by atoms with E-state index in [1.54, 1.807) is 32.7 Å². The highest BCUT2D eigenvalue weighted by atomic mass is 35.5. The zero-order chi connectivity index (χ0) is 21.5. The van der Waals surface area contributed by atoms with Crippen LogP contribution in [-0.4, -0.2) is 55.8 Å². The molecule has 3 aromatic heterocycles. The average Bonchev–Trinajstić information content (AvgIpc) is 3.18. The number of methoxy groups -OCH3 is 2. The second-order valence-electron chi connectivity index (χ2n) is 6.64. The maximum atomic E-state index is 5.85. The van der Waals surface area contributed by atoms with Crippen LogP contribution in [0.25, 0.3) is 11.5 Å². The van der Waals surface area contributed by atoms with Gasteiger partial charge in [0.1, 0.15) is 11.5 Å². The molecular formula is C19H24ClN7O2S. The van der Waals surface area contributed by atoms with Gasteiger partial charge in [0.2, 0.25) is 11.8 Å². The molecule has 1 N–H and O–H groups in total. The summed E-state index contributed by atoms with van der Waals surface area (Å²) in [6, 6.07) is 5.53. The Balaban J connectivity index is 1.78. The van der Waals surface area contributed by atoms with E-state index in [-0.39, 0.29) is 11.3 Å². The van der Waals surface area contributed by atoms with Crippen LogP contribution in [0.15, 0.2) is 30.6 Å². The predicted octanol–water partition coefficient (Wildman–Crippen LogP) is 3.69. The van der Waals surface area contributed by atoms with E-state index in [1.807, 2.05) is 23.6 Å². The molecule has 0 aliphatic carbocycles. The summed E-state index contributed by atoms with van der Waals surface area (Å²) in [5.41, 5.74) is 0.672. The highest BCUT2D eigenvalue weighted by Gasteiger charge is 2.21. The van der Waals surface area contributed by atoms with E-state index in [0.29, 0.717) is 41.4 Å². The maximum Gasteiger partial charge on any atom is 0.235 e. The minimum absolute atomic E-state index is 0.00833. The molecule has 3 rings (SSSR count). The summed E-state index contributed by atoms with van der Waals surface area (Å²) in [7, 11) is 3.25. The predicted molar refractivity (Wildman–Crippen MR) is 118 cm³/mol. The second kappa shape index (κ2) is 10.6. The Kier molecular flexibility index (Phi) is 7.83. The van der Waals surface area contributed by atoms with Crippen LogP contribution in [0.1, 0.15) is 25.7 Å². The Morgan fingerprint density at radius 3 is 2.63 bits per heavy atom. The van der Waals surface area contributed by atoms with Gasteiger partial charge in [0.25, 0.3) is 0 Å². The van der Waals surface area contributed by atoms with Gasteiger partial charge >= 0.3 is 0 Å². The molecular weight excluding hydrogens is 426 g/mol. The van der Waals surface area contributed by atoms with Crippen LogP contribution in [0.5, 0.6) is 5.88 Å². The molecule has 0 bridgehead atoms. The Morgan fingerprint density at radius 2 is 1.93 bits per heavy atom. The number of ether oxygens (including phenoxy) is 2. The molecule has 0 aromatic carbocycles. The van der Waals surface area contributed by atoms with Crippen molar-refractivity contribution < 1.29 is 9.47 Å². The zero-order valence-electron chi connectivity index (χ0n) is 17.2. The van der Waals surface area contributed by atoms with Crippen LogP contribution in [0.4, 0.5) is 5.95 Å². The van der Waals surface area contributed by atoms with Crippen molar-refractivity contribution in [3.63, 3.8) is 0 Å². The molecule has 2 unspecified atom stereocenters. The second-order valence-corrected chi connectivity index (χ2v) is 8.32. The van der Waals surface area contributed by atoms with Gasteiger partial charge in [-0.15, -0.1) is 10.2 Å². The molecule has 0 fully saturated rings. The molecule has 0 saturated carbocycles. The summed E-state index contributed by atoms with van der Waals surface area (Å²) in [5.74, 6) is 2.50. The van der Waals surface area contributed by atoms with E-state index in [9.17, 15) is 0 Å². The highest BCUT2D eigenvalue weighted by Crippen LogP contribution is 2.27. The number of hydrogen-bond donors (Lipinski definition) is 1. The highest BCUT2D eigenvalue weighted by molar-refractivity contribution is 8.01. The van der Waals surface area contributed by atoms with Gasteiger partial charge in [-0.1, -0.05) is 24.6 Å². The molecule has 11 heteroatoms. The fourth-order valence-corrected chi connectivity index (χ4v) is 3.59. The molecule has 30 heavy (non-hydrogen) atoms. The third-order valence-electron chi connectivity index (χ3n) is 4.20. The lowest BCUT2D eigenvalue weighted by Crippen LogP contribution is -2.16. The monoisotopic (exact) mass is 449 g/mol. The molecule has 0 amide bonds. The van der Waals surface area contributed by atoms with Crippen molar-refractivity contribution >= 4 is 29.5 Å². The lowest BCUT2D eigenvalue weighted by atomic mass is 10.3. The lowest BCUT2D eigenvalue weighted by molar-refractivity contribution is 0.163. The first-order chi connectivity index (χ1) is 14.5. The summed E-state index contributed by atoms with van der Waals surface area (Å²) >= 11 is 7.37. The van der Waals surface area contributed by atoms with Crippen molar-refractivity contribution in [1.82, 2.24) is 29.7 Å². The van der Waals surface area contributed by atoms with Crippen LogP contribution in [0.3, 0.4) is 0 Å². The first kappa shape index (κ1) is 22.3. The van der Waals surface area contributed by atoms with Crippen molar-refractivity contribution in [2.24, 2.45) is 0 Å². The van der Waals surface area contributed by atoms with Crippen LogP contribution >= 0.6 is 23.5 Å². The van der Waals surface area contributed by atoms with Gasteiger partial charge < -0.3 is 9.47 Å². The summed E-state index contributed by atoms with van der Waals surface area (Å²) < 4.78 is 15.9. The number of rotatable bonds is 10. The van der Waals surface area contributed by atoms with Gasteiger partial charge in [-0.25, -0.2) is 15.0 Å². The third-order valence-corrected chi connectivity index (χ3v) is 5.27. The number of hydrogen-bond acceptors (Lipinski definition) is 9. The van der Waals surface area contributed by atoms with Gasteiger partial charge in [-0.3, -0.25) is 9.29 Å². The summed E-state index contributed by atoms with van der Waals surface area (Å²) in [6.07, 6.45) is 3.89. The molecule has 9 nitrogen and oxygen atoms in total. The lowest BCUT2D eigenvalue weighted by Gasteiger charge is -2.18. The minimum atomic E-state index is -0.00833. The standard InChI is InChI=1S/C19H24ClN7O2S/c1-12(11-28-3)27-18(15-6-5-7-17(23-15)29-4)24-25-19(27)26-30-13(2)8-16-21-9-14(20)10-22-16/h5-7,9-10,12-13H,8,11H2,1-4H3,(H,25,26). The molecule has 3 heterocycles. The fourth-order valence-electron chi connectivity index (χ4n) is 2.82. The SMILES string of the molecule is COCC(C)n1c(NSC(C)Cc2ncc(Cl)cn2)nnc1-c1cccc(OC)n1. The van der Waals surface area contributed by atoms with E-state index >= 15 is 0 Å². The largest absolute Gasteiger partial charge is 0.481 e. The number of anilines is 1. The molecule has 160 valence electrons. The fraction of sp³-hybridized carbons (Fsp3) is 0.421. The van der Waals surface area contributed by atoms with Gasteiger partial charge in [0.05, 0.1) is 24.8 Å². The molecule has 0 spiro atoms. The number of nitrogens with one attached hydrogen (secondary N) is 1. The van der Waals surface area contributed by atoms with Crippen molar-refractivity contribution in [2.45, 2.75) is 31.6 Å². The Hall–Kier alpha value is -2.43. The Morgan fingerprint density at radius 1 is 1.17 bits per heavy atom. The molecule has 2 atom stereocenters. The zero-order valence-corrected chi connectivity index (χ0v) is 18.8. The quantitative estimate of drug-likeness (QED) is 0.464. The Bertz CT molecular complexity index is 954. The topological polar surface area (TPSA) is 99.9 Å². The van der Waals surface area contributed by atoms with Gasteiger partial charge in [-0.05, 0) is 24.9 Å². The number of halogens is 1. The van der Waals surface area contributed by atoms with Gasteiger partial charge in [0, 0.05) is 37.2 Å². The smallest absolute Gasteiger partial charge is 0.235 e. The summed E-state index contributed by atoms with van der Waals surface area (Å²) in [4.78, 5) is 13.0. The first-order valence-electron chi connectivity index (χ1n) is 9.35. The van der Waals surface area contributed by atoms with E-state index < -0.39 is 0 Å². The van der Waals surface area contributed by atoms with E-state index in [4.69, 9.17) is 21.1 Å². The van der Waals surface area contributed by atoms with E-state index in [0.717, 1.165) is 5.82 Å². The third kappa shape index (κ3) is 5.59. The van der Waals surface area contributed by atoms with Crippen molar-refractivity contribution in [2.75, 3.05) is 25.5 Å². The van der Waals surface area contributed by atoms with E-state index in [2.05, 4.69) is 36.8 Å². The summed E-state index contributed by atoms with van der Waals surface area (Å²) in [5, 5.41) is 9.41. The van der Waals surface area contributed by atoms with E-state index in [1.165, 1.54) is 11.9 Å².